The molecule has 0 bridgehead atoms. The Morgan fingerprint density at radius 1 is 1.50 bits per heavy atom. The van der Waals surface area contributed by atoms with Crippen LogP contribution in [0.15, 0.2) is 10.6 Å². The van der Waals surface area contributed by atoms with E-state index in [0.717, 1.165) is 21.3 Å². The van der Waals surface area contributed by atoms with Crippen LogP contribution in [0.1, 0.15) is 10.6 Å². The van der Waals surface area contributed by atoms with E-state index in [2.05, 4.69) is 16.3 Å². The molecule has 0 unspecified atom stereocenters. The minimum absolute atomic E-state index is 0.793. The first-order chi connectivity index (χ1) is 5.75. The van der Waals surface area contributed by atoms with Crippen molar-refractivity contribution in [2.24, 2.45) is 0 Å². The van der Waals surface area contributed by atoms with Crippen LogP contribution in [0, 0.1) is 20.0 Å². The monoisotopic (exact) mass is 179 g/mol. The predicted octanol–water partition coefficient (Wildman–Crippen LogP) is 2.22. The highest BCUT2D eigenvalue weighted by atomic mass is 32.1. The van der Waals surface area contributed by atoms with Crippen molar-refractivity contribution in [2.45, 2.75) is 13.8 Å². The van der Waals surface area contributed by atoms with E-state index in [1.54, 1.807) is 11.3 Å². The number of aryl methyl sites for hydroxylation is 2. The second-order valence-corrected chi connectivity index (χ2v) is 3.71. The van der Waals surface area contributed by atoms with Gasteiger partial charge in [-0.3, -0.25) is 0 Å². The Kier molecular flexibility index (Phi) is 1.69. The summed E-state index contributed by atoms with van der Waals surface area (Å²) in [6.07, 6.45) is 2.86. The van der Waals surface area contributed by atoms with Crippen molar-refractivity contribution in [2.75, 3.05) is 0 Å². The summed E-state index contributed by atoms with van der Waals surface area (Å²) < 4.78 is 4.93. The van der Waals surface area contributed by atoms with Crippen molar-refractivity contribution in [3.63, 3.8) is 0 Å². The lowest BCUT2D eigenvalue weighted by Gasteiger charge is -1.81. The average Bonchev–Trinajstić information content (AvgIpc) is 2.58. The number of hydrogen-bond acceptors (Lipinski definition) is 4. The van der Waals surface area contributed by atoms with Crippen LogP contribution in [0.2, 0.25) is 0 Å². The molecule has 0 amide bonds. The first-order valence-electron chi connectivity index (χ1n) is 3.54. The van der Waals surface area contributed by atoms with E-state index in [1.807, 2.05) is 19.9 Å². The van der Waals surface area contributed by atoms with Crippen LogP contribution < -0.4 is 0 Å². The van der Waals surface area contributed by atoms with Crippen LogP contribution in [0.3, 0.4) is 0 Å². The minimum Gasteiger partial charge on any atom is -0.361 e. The smallest absolute Gasteiger partial charge is 0.146 e. The third kappa shape index (κ3) is 1.25. The highest BCUT2D eigenvalue weighted by Gasteiger charge is 2.06. The fraction of sp³-hybridized carbons (Fsp3) is 0.250. The van der Waals surface area contributed by atoms with Crippen LogP contribution in [0.5, 0.6) is 0 Å². The zero-order valence-corrected chi connectivity index (χ0v) is 7.60. The minimum atomic E-state index is 0.793. The van der Waals surface area contributed by atoms with Gasteiger partial charge in [0.15, 0.2) is 0 Å². The molecule has 4 heteroatoms. The zero-order chi connectivity index (χ0) is 8.55. The Bertz CT molecular complexity index is 353. The molecule has 0 atom stereocenters. The summed E-state index contributed by atoms with van der Waals surface area (Å²) in [7, 11) is 0. The van der Waals surface area contributed by atoms with Crippen molar-refractivity contribution in [1.82, 2.24) is 10.1 Å². The Balaban J connectivity index is 2.43. The second-order valence-electron chi connectivity index (χ2n) is 2.51. The first-order valence-corrected chi connectivity index (χ1v) is 4.36. The van der Waals surface area contributed by atoms with Crippen molar-refractivity contribution >= 4 is 11.3 Å². The van der Waals surface area contributed by atoms with Gasteiger partial charge >= 0.3 is 0 Å². The van der Waals surface area contributed by atoms with Crippen molar-refractivity contribution in [1.29, 1.82) is 0 Å². The van der Waals surface area contributed by atoms with Crippen LogP contribution in [-0.4, -0.2) is 10.1 Å². The molecule has 0 saturated carbocycles. The van der Waals surface area contributed by atoms with Crippen LogP contribution in [-0.2, 0) is 0 Å². The molecule has 2 aromatic heterocycles. The fourth-order valence-electron chi connectivity index (χ4n) is 0.897. The van der Waals surface area contributed by atoms with E-state index in [9.17, 15) is 0 Å². The number of aromatic nitrogens is 2. The van der Waals surface area contributed by atoms with Crippen LogP contribution >= 0.6 is 11.3 Å². The molecule has 3 nitrogen and oxygen atoms in total. The van der Waals surface area contributed by atoms with E-state index in [1.165, 1.54) is 0 Å². The van der Waals surface area contributed by atoms with Gasteiger partial charge in [0.2, 0.25) is 0 Å². The van der Waals surface area contributed by atoms with E-state index >= 15 is 0 Å². The van der Waals surface area contributed by atoms with Crippen LogP contribution in [0.4, 0.5) is 0 Å². The first kappa shape index (κ1) is 7.49. The Labute approximate surface area is 74.0 Å². The highest BCUT2D eigenvalue weighted by Crippen LogP contribution is 2.23. The maximum Gasteiger partial charge on any atom is 0.146 e. The summed E-state index contributed by atoms with van der Waals surface area (Å²) in [5, 5.41) is 4.72. The van der Waals surface area contributed by atoms with Gasteiger partial charge in [-0.05, 0) is 13.8 Å². The molecule has 0 aliphatic carbocycles. The molecule has 0 fully saturated rings. The fourth-order valence-corrected chi connectivity index (χ4v) is 1.57. The van der Waals surface area contributed by atoms with Gasteiger partial charge in [-0.25, -0.2) is 4.98 Å². The second kappa shape index (κ2) is 2.71. The normalized spacial score (nSPS) is 10.5. The maximum atomic E-state index is 4.93. The summed E-state index contributed by atoms with van der Waals surface area (Å²) in [6, 6.07) is 1.87. The SMILES string of the molecule is Cc1cc(-c2n[c]c(C)s2)no1. The number of hydrogen-bond donors (Lipinski definition) is 0. The average molecular weight is 179 g/mol. The molecule has 1 radical (unpaired) electrons. The van der Waals surface area contributed by atoms with E-state index in [4.69, 9.17) is 4.52 Å². The Morgan fingerprint density at radius 3 is 2.83 bits per heavy atom. The molecule has 0 spiro atoms. The lowest BCUT2D eigenvalue weighted by molar-refractivity contribution is 0.399. The summed E-state index contributed by atoms with van der Waals surface area (Å²) in [5.41, 5.74) is 0.793. The molecule has 2 heterocycles. The molecule has 0 saturated heterocycles. The molecule has 0 aliphatic heterocycles. The van der Waals surface area contributed by atoms with Gasteiger partial charge < -0.3 is 4.52 Å². The standard InChI is InChI=1S/C8H7N2OS/c1-5-3-7(10-11-5)8-9-4-6(2)12-8/h3H,1-2H3. The number of nitrogens with zero attached hydrogens (tertiary/aromatic N) is 2. The largest absolute Gasteiger partial charge is 0.361 e. The lowest BCUT2D eigenvalue weighted by atomic mass is 10.4. The molecular formula is C8H7N2OS. The molecule has 0 N–H and O–H groups in total. The van der Waals surface area contributed by atoms with Gasteiger partial charge in [0.25, 0.3) is 0 Å². The molecule has 2 aromatic rings. The summed E-state index contributed by atoms with van der Waals surface area (Å²) >= 11 is 1.56. The Hall–Kier alpha value is -1.16. The van der Waals surface area contributed by atoms with Gasteiger partial charge in [0.1, 0.15) is 22.7 Å². The van der Waals surface area contributed by atoms with Gasteiger partial charge in [0, 0.05) is 10.9 Å². The van der Waals surface area contributed by atoms with Crippen molar-refractivity contribution in [3.05, 3.63) is 22.9 Å². The van der Waals surface area contributed by atoms with E-state index < -0.39 is 0 Å². The molecule has 0 aliphatic rings. The predicted molar refractivity (Wildman–Crippen MR) is 45.9 cm³/mol. The zero-order valence-electron chi connectivity index (χ0n) is 6.79. The summed E-state index contributed by atoms with van der Waals surface area (Å²) in [6.45, 7) is 3.83. The molecule has 2 rings (SSSR count). The molecule has 0 aromatic carbocycles. The highest BCUT2D eigenvalue weighted by molar-refractivity contribution is 7.14. The van der Waals surface area contributed by atoms with E-state index in [-0.39, 0.29) is 0 Å². The van der Waals surface area contributed by atoms with E-state index in [0.29, 0.717) is 0 Å². The maximum absolute atomic E-state index is 4.93. The molecule has 12 heavy (non-hydrogen) atoms. The third-order valence-electron chi connectivity index (χ3n) is 1.41. The third-order valence-corrected chi connectivity index (χ3v) is 2.30. The van der Waals surface area contributed by atoms with Gasteiger partial charge in [-0.15, -0.1) is 11.3 Å². The van der Waals surface area contributed by atoms with Gasteiger partial charge in [0.05, 0.1) is 0 Å². The topological polar surface area (TPSA) is 38.9 Å². The quantitative estimate of drug-likeness (QED) is 0.673. The Morgan fingerprint density at radius 2 is 2.33 bits per heavy atom. The number of rotatable bonds is 1. The molecular weight excluding hydrogens is 172 g/mol. The lowest BCUT2D eigenvalue weighted by Crippen LogP contribution is -1.71. The van der Waals surface area contributed by atoms with Gasteiger partial charge in [-0.1, -0.05) is 5.16 Å². The molecule has 61 valence electrons. The summed E-state index contributed by atoms with van der Waals surface area (Å²) in [4.78, 5) is 5.13. The van der Waals surface area contributed by atoms with Crippen molar-refractivity contribution < 1.29 is 4.52 Å². The van der Waals surface area contributed by atoms with Crippen LogP contribution in [0.25, 0.3) is 10.7 Å². The van der Waals surface area contributed by atoms with Crippen molar-refractivity contribution in [3.8, 4) is 10.7 Å². The van der Waals surface area contributed by atoms with Gasteiger partial charge in [-0.2, -0.15) is 0 Å². The number of thiazole rings is 1. The summed E-state index contributed by atoms with van der Waals surface area (Å²) in [5.74, 6) is 0.804.